The van der Waals surface area contributed by atoms with Crippen LogP contribution in [0.4, 0.5) is 5.69 Å². The Labute approximate surface area is 173 Å². The van der Waals surface area contributed by atoms with E-state index < -0.39 is 20.0 Å². The first-order valence-electron chi connectivity index (χ1n) is 8.94. The SMILES string of the molecule is COc1ccc(NS(=O)(=O)c2cc(C(C)(C)C)ccc2C)cc1S(=O)(=O)N(C)C. The molecule has 0 unspecified atom stereocenters. The second-order valence-corrected chi connectivity index (χ2v) is 11.8. The summed E-state index contributed by atoms with van der Waals surface area (Å²) in [4.78, 5) is 0.0307. The van der Waals surface area contributed by atoms with E-state index in [1.807, 2.05) is 26.8 Å². The number of rotatable bonds is 6. The van der Waals surface area contributed by atoms with Crippen LogP contribution in [-0.2, 0) is 25.5 Å². The van der Waals surface area contributed by atoms with Gasteiger partial charge in [-0.1, -0.05) is 32.9 Å². The van der Waals surface area contributed by atoms with Gasteiger partial charge in [0, 0.05) is 14.1 Å². The number of nitrogens with one attached hydrogen (secondary N) is 1. The number of benzene rings is 2. The van der Waals surface area contributed by atoms with Crippen LogP contribution in [0.2, 0.25) is 0 Å². The molecule has 0 radical (unpaired) electrons. The quantitative estimate of drug-likeness (QED) is 0.744. The Bertz CT molecular complexity index is 1120. The van der Waals surface area contributed by atoms with Gasteiger partial charge in [0.1, 0.15) is 10.6 Å². The average molecular weight is 441 g/mol. The zero-order valence-electron chi connectivity index (χ0n) is 17.8. The number of nitrogens with zero attached hydrogens (tertiary/aromatic N) is 1. The van der Waals surface area contributed by atoms with Gasteiger partial charge in [-0.2, -0.15) is 0 Å². The van der Waals surface area contributed by atoms with Crippen molar-refractivity contribution in [2.45, 2.75) is 42.9 Å². The molecular formula is C20H28N2O5S2. The van der Waals surface area contributed by atoms with Crippen LogP contribution in [0, 0.1) is 6.92 Å². The third-order valence-corrected chi connectivity index (χ3v) is 7.88. The Morgan fingerprint density at radius 2 is 1.55 bits per heavy atom. The van der Waals surface area contributed by atoms with Gasteiger partial charge in [0.05, 0.1) is 17.7 Å². The lowest BCUT2D eigenvalue weighted by atomic mass is 9.87. The van der Waals surface area contributed by atoms with Crippen LogP contribution >= 0.6 is 0 Å². The molecule has 2 aromatic rings. The van der Waals surface area contributed by atoms with Crippen molar-refractivity contribution in [2.24, 2.45) is 0 Å². The summed E-state index contributed by atoms with van der Waals surface area (Å²) < 4.78 is 59.9. The summed E-state index contributed by atoms with van der Waals surface area (Å²) >= 11 is 0. The highest BCUT2D eigenvalue weighted by Crippen LogP contribution is 2.31. The van der Waals surface area contributed by atoms with Crippen LogP contribution in [-0.4, -0.2) is 42.3 Å². The highest BCUT2D eigenvalue weighted by molar-refractivity contribution is 7.92. The minimum Gasteiger partial charge on any atom is -0.495 e. The number of hydrogen-bond donors (Lipinski definition) is 1. The molecule has 0 bridgehead atoms. The topological polar surface area (TPSA) is 92.8 Å². The number of ether oxygens (including phenoxy) is 1. The summed E-state index contributed by atoms with van der Waals surface area (Å²) in [6.45, 7) is 7.73. The minimum atomic E-state index is -3.93. The van der Waals surface area contributed by atoms with E-state index in [1.54, 1.807) is 19.1 Å². The van der Waals surface area contributed by atoms with Gasteiger partial charge in [0.25, 0.3) is 10.0 Å². The van der Waals surface area contributed by atoms with Crippen LogP contribution in [0.15, 0.2) is 46.2 Å². The van der Waals surface area contributed by atoms with E-state index in [1.165, 1.54) is 39.4 Å². The maximum absolute atomic E-state index is 13.0. The van der Waals surface area contributed by atoms with Crippen LogP contribution in [0.3, 0.4) is 0 Å². The maximum Gasteiger partial charge on any atom is 0.262 e. The van der Waals surface area contributed by atoms with E-state index in [4.69, 9.17) is 4.74 Å². The van der Waals surface area contributed by atoms with E-state index in [9.17, 15) is 16.8 Å². The van der Waals surface area contributed by atoms with Gasteiger partial charge in [0.2, 0.25) is 10.0 Å². The van der Waals surface area contributed by atoms with Crippen LogP contribution in [0.1, 0.15) is 31.9 Å². The second kappa shape index (κ2) is 7.97. The van der Waals surface area contributed by atoms with Crippen molar-refractivity contribution in [3.63, 3.8) is 0 Å². The Morgan fingerprint density at radius 1 is 0.931 bits per heavy atom. The molecule has 9 heteroatoms. The van der Waals surface area contributed by atoms with E-state index in [-0.39, 0.29) is 26.6 Å². The number of sulfonamides is 2. The van der Waals surface area contributed by atoms with Crippen molar-refractivity contribution in [3.05, 3.63) is 47.5 Å². The fourth-order valence-electron chi connectivity index (χ4n) is 2.70. The predicted molar refractivity (Wildman–Crippen MR) is 115 cm³/mol. The molecule has 2 aromatic carbocycles. The van der Waals surface area contributed by atoms with Gasteiger partial charge in [-0.05, 0) is 47.7 Å². The summed E-state index contributed by atoms with van der Waals surface area (Å²) in [5.41, 5.74) is 1.39. The molecule has 0 spiro atoms. The number of aryl methyl sites for hydroxylation is 1. The molecule has 0 aliphatic rings. The molecule has 2 rings (SSSR count). The lowest BCUT2D eigenvalue weighted by molar-refractivity contribution is 0.400. The molecule has 1 N–H and O–H groups in total. The number of methoxy groups -OCH3 is 1. The molecule has 0 amide bonds. The zero-order valence-corrected chi connectivity index (χ0v) is 19.4. The smallest absolute Gasteiger partial charge is 0.262 e. The standard InChI is InChI=1S/C20H28N2O5S2/c1-14-8-9-15(20(2,3)4)12-18(14)28(23,24)21-16-10-11-17(27-7)19(13-16)29(25,26)22(5)6/h8-13,21H,1-7H3. The number of anilines is 1. The zero-order chi connectivity index (χ0) is 22.2. The molecular weight excluding hydrogens is 412 g/mol. The molecule has 7 nitrogen and oxygen atoms in total. The highest BCUT2D eigenvalue weighted by Gasteiger charge is 2.25. The predicted octanol–water partition coefficient (Wildman–Crippen LogP) is 3.35. The summed E-state index contributed by atoms with van der Waals surface area (Å²) in [5.74, 6) is 0.132. The summed E-state index contributed by atoms with van der Waals surface area (Å²) in [7, 11) is -3.60. The lowest BCUT2D eigenvalue weighted by Crippen LogP contribution is -2.23. The molecule has 0 atom stereocenters. The van der Waals surface area contributed by atoms with Crippen LogP contribution in [0.25, 0.3) is 0 Å². The number of hydrogen-bond acceptors (Lipinski definition) is 5. The van der Waals surface area contributed by atoms with Crippen molar-refractivity contribution in [1.29, 1.82) is 0 Å². The monoisotopic (exact) mass is 440 g/mol. The third kappa shape index (κ3) is 4.91. The van der Waals surface area contributed by atoms with Crippen molar-refractivity contribution >= 4 is 25.7 Å². The second-order valence-electron chi connectivity index (χ2n) is 7.99. The maximum atomic E-state index is 13.0. The van der Waals surface area contributed by atoms with Crippen LogP contribution in [0.5, 0.6) is 5.75 Å². The average Bonchev–Trinajstić information content (AvgIpc) is 2.60. The molecule has 29 heavy (non-hydrogen) atoms. The van der Waals surface area contributed by atoms with Crippen molar-refractivity contribution in [3.8, 4) is 5.75 Å². The normalized spacial score (nSPS) is 12.8. The Balaban J connectivity index is 2.54. The first kappa shape index (κ1) is 23.2. The Kier molecular flexibility index (Phi) is 6.37. The molecule has 0 aliphatic carbocycles. The van der Waals surface area contributed by atoms with Gasteiger partial charge < -0.3 is 4.74 Å². The molecule has 0 heterocycles. The molecule has 0 aromatic heterocycles. The van der Waals surface area contributed by atoms with E-state index in [2.05, 4.69) is 4.72 Å². The van der Waals surface area contributed by atoms with E-state index in [0.29, 0.717) is 5.56 Å². The summed E-state index contributed by atoms with van der Waals surface area (Å²) in [6, 6.07) is 9.47. The Hall–Kier alpha value is -2.10. The largest absolute Gasteiger partial charge is 0.495 e. The highest BCUT2D eigenvalue weighted by atomic mass is 32.2. The summed E-state index contributed by atoms with van der Waals surface area (Å²) in [6.07, 6.45) is 0. The van der Waals surface area contributed by atoms with E-state index in [0.717, 1.165) is 9.87 Å². The molecule has 160 valence electrons. The van der Waals surface area contributed by atoms with Gasteiger partial charge in [-0.3, -0.25) is 4.72 Å². The van der Waals surface area contributed by atoms with Gasteiger partial charge >= 0.3 is 0 Å². The first-order chi connectivity index (χ1) is 13.2. The summed E-state index contributed by atoms with van der Waals surface area (Å²) in [5, 5.41) is 0. The van der Waals surface area contributed by atoms with Gasteiger partial charge in [0.15, 0.2) is 0 Å². The van der Waals surface area contributed by atoms with Crippen LogP contribution < -0.4 is 9.46 Å². The third-order valence-electron chi connectivity index (χ3n) is 4.52. The van der Waals surface area contributed by atoms with Crippen molar-refractivity contribution in [1.82, 2.24) is 4.31 Å². The molecule has 0 fully saturated rings. The van der Waals surface area contributed by atoms with Crippen molar-refractivity contribution < 1.29 is 21.6 Å². The Morgan fingerprint density at radius 3 is 2.07 bits per heavy atom. The fourth-order valence-corrected chi connectivity index (χ4v) is 5.10. The van der Waals surface area contributed by atoms with Crippen molar-refractivity contribution in [2.75, 3.05) is 25.9 Å². The van der Waals surface area contributed by atoms with E-state index >= 15 is 0 Å². The first-order valence-corrected chi connectivity index (χ1v) is 11.9. The molecule has 0 aliphatic heterocycles. The van der Waals surface area contributed by atoms with Gasteiger partial charge in [-0.15, -0.1) is 0 Å². The lowest BCUT2D eigenvalue weighted by Gasteiger charge is -2.21. The van der Waals surface area contributed by atoms with Gasteiger partial charge in [-0.25, -0.2) is 21.1 Å². The molecule has 0 saturated carbocycles. The fraction of sp³-hybridized carbons (Fsp3) is 0.400. The molecule has 0 saturated heterocycles. The minimum absolute atomic E-state index is 0.120.